The molecule has 1 amide bonds. The summed E-state index contributed by atoms with van der Waals surface area (Å²) in [5, 5.41) is 2.68. The van der Waals surface area contributed by atoms with Crippen molar-refractivity contribution in [2.24, 2.45) is 0 Å². The predicted octanol–water partition coefficient (Wildman–Crippen LogP) is 0.270. The third-order valence-corrected chi connectivity index (χ3v) is 1.86. The number of hydrogen-bond donors (Lipinski definition) is 1. The van der Waals surface area contributed by atoms with Crippen molar-refractivity contribution in [3.63, 3.8) is 0 Å². The number of halogens is 1. The Balaban J connectivity index is 2.48. The van der Waals surface area contributed by atoms with Gasteiger partial charge in [0.05, 0.1) is 4.83 Å². The van der Waals surface area contributed by atoms with E-state index in [0.29, 0.717) is 0 Å². The standard InChI is InChI=1S/C4H6BrNO/c5-3-1-2-6-4(3)7/h3H,1-2H2,(H,6,7). The highest BCUT2D eigenvalue weighted by molar-refractivity contribution is 9.10. The molecule has 1 aliphatic heterocycles. The molecule has 1 N–H and O–H groups in total. The highest BCUT2D eigenvalue weighted by atomic mass is 79.9. The molecule has 0 aromatic rings. The van der Waals surface area contributed by atoms with Gasteiger partial charge >= 0.3 is 0 Å². The second-order valence-corrected chi connectivity index (χ2v) is 2.65. The molecule has 1 heterocycles. The van der Waals surface area contributed by atoms with Crippen molar-refractivity contribution in [3.8, 4) is 0 Å². The van der Waals surface area contributed by atoms with Crippen molar-refractivity contribution in [2.75, 3.05) is 6.54 Å². The minimum Gasteiger partial charge on any atom is -0.355 e. The Labute approximate surface area is 50.4 Å². The van der Waals surface area contributed by atoms with Crippen LogP contribution >= 0.6 is 15.9 Å². The fourth-order valence-corrected chi connectivity index (χ4v) is 0.955. The van der Waals surface area contributed by atoms with Crippen LogP contribution in [-0.4, -0.2) is 17.3 Å². The minimum atomic E-state index is 0.0764. The molecule has 0 bridgehead atoms. The summed E-state index contributed by atoms with van der Waals surface area (Å²) in [6.07, 6.45) is 0.929. The molecule has 3 heteroatoms. The Hall–Kier alpha value is -0.0500. The predicted molar refractivity (Wildman–Crippen MR) is 30.3 cm³/mol. The van der Waals surface area contributed by atoms with Crippen LogP contribution in [0, 0.1) is 0 Å². The first-order chi connectivity index (χ1) is 3.30. The highest BCUT2D eigenvalue weighted by Crippen LogP contribution is 2.08. The highest BCUT2D eigenvalue weighted by Gasteiger charge is 2.19. The van der Waals surface area contributed by atoms with Gasteiger partial charge < -0.3 is 5.32 Å². The van der Waals surface area contributed by atoms with Crippen molar-refractivity contribution in [2.45, 2.75) is 11.2 Å². The van der Waals surface area contributed by atoms with Gasteiger partial charge in [-0.3, -0.25) is 4.79 Å². The summed E-state index contributed by atoms with van der Waals surface area (Å²) in [7, 11) is 0. The van der Waals surface area contributed by atoms with E-state index in [1.807, 2.05) is 0 Å². The number of alkyl halides is 1. The number of hydrogen-bond acceptors (Lipinski definition) is 1. The molecule has 0 spiro atoms. The molecule has 1 rings (SSSR count). The molecular formula is C4H6BrNO. The summed E-state index contributed by atoms with van der Waals surface area (Å²) in [4.78, 5) is 10.5. The van der Waals surface area contributed by atoms with Crippen molar-refractivity contribution in [1.82, 2.24) is 5.32 Å². The molecule has 1 saturated heterocycles. The van der Waals surface area contributed by atoms with Gasteiger partial charge in [0.1, 0.15) is 0 Å². The molecule has 0 aliphatic carbocycles. The Morgan fingerprint density at radius 3 is 2.71 bits per heavy atom. The number of carbonyl (C=O) groups is 1. The Bertz CT molecular complexity index is 93.7. The molecule has 0 aromatic carbocycles. The summed E-state index contributed by atoms with van der Waals surface area (Å²) in [6.45, 7) is 0.828. The Morgan fingerprint density at radius 2 is 2.57 bits per heavy atom. The van der Waals surface area contributed by atoms with Gasteiger partial charge in [-0.05, 0) is 6.42 Å². The Kier molecular flexibility index (Phi) is 1.32. The van der Waals surface area contributed by atoms with E-state index in [2.05, 4.69) is 21.2 Å². The summed E-state index contributed by atoms with van der Waals surface area (Å²) < 4.78 is 0. The first-order valence-corrected chi connectivity index (χ1v) is 3.14. The second kappa shape index (κ2) is 1.82. The molecular weight excluding hydrogens is 158 g/mol. The fourth-order valence-electron chi connectivity index (χ4n) is 0.564. The van der Waals surface area contributed by atoms with E-state index in [-0.39, 0.29) is 10.7 Å². The van der Waals surface area contributed by atoms with Crippen LogP contribution in [0.4, 0.5) is 0 Å². The summed E-state index contributed by atoms with van der Waals surface area (Å²) in [5.41, 5.74) is 0. The van der Waals surface area contributed by atoms with Crippen molar-refractivity contribution in [1.29, 1.82) is 0 Å². The van der Waals surface area contributed by atoms with E-state index in [1.54, 1.807) is 0 Å². The third kappa shape index (κ3) is 0.938. The van der Waals surface area contributed by atoms with Crippen molar-refractivity contribution < 1.29 is 4.79 Å². The van der Waals surface area contributed by atoms with Crippen LogP contribution in [0.3, 0.4) is 0 Å². The zero-order valence-corrected chi connectivity index (χ0v) is 5.36. The maximum Gasteiger partial charge on any atom is 0.233 e. The number of carbonyl (C=O) groups excluding carboxylic acids is 1. The molecule has 0 aromatic heterocycles. The fraction of sp³-hybridized carbons (Fsp3) is 0.750. The lowest BCUT2D eigenvalue weighted by Gasteiger charge is -1.88. The summed E-state index contributed by atoms with van der Waals surface area (Å²) in [5.74, 6) is 0.125. The average molecular weight is 164 g/mol. The summed E-state index contributed by atoms with van der Waals surface area (Å²) >= 11 is 3.19. The lowest BCUT2D eigenvalue weighted by Crippen LogP contribution is -2.18. The first kappa shape index (κ1) is 5.09. The molecule has 1 unspecified atom stereocenters. The van der Waals surface area contributed by atoms with Crippen molar-refractivity contribution >= 4 is 21.8 Å². The van der Waals surface area contributed by atoms with Gasteiger partial charge in [-0.1, -0.05) is 15.9 Å². The van der Waals surface area contributed by atoms with Gasteiger partial charge in [0.25, 0.3) is 0 Å². The number of amides is 1. The number of rotatable bonds is 0. The SMILES string of the molecule is O=C1NCCC1Br. The topological polar surface area (TPSA) is 29.1 Å². The van der Waals surface area contributed by atoms with Gasteiger partial charge in [-0.15, -0.1) is 0 Å². The van der Waals surface area contributed by atoms with Gasteiger partial charge in [0.15, 0.2) is 0 Å². The van der Waals surface area contributed by atoms with Crippen molar-refractivity contribution in [3.05, 3.63) is 0 Å². The molecule has 1 atom stereocenters. The quantitative estimate of drug-likeness (QED) is 0.511. The van der Waals surface area contributed by atoms with Gasteiger partial charge in [0.2, 0.25) is 5.91 Å². The van der Waals surface area contributed by atoms with E-state index in [4.69, 9.17) is 0 Å². The lowest BCUT2D eigenvalue weighted by atomic mass is 10.4. The van der Waals surface area contributed by atoms with E-state index in [9.17, 15) is 4.79 Å². The summed E-state index contributed by atoms with van der Waals surface area (Å²) in [6, 6.07) is 0. The molecule has 7 heavy (non-hydrogen) atoms. The molecule has 2 nitrogen and oxygen atoms in total. The van der Waals surface area contributed by atoms with Crippen LogP contribution in [0.2, 0.25) is 0 Å². The largest absolute Gasteiger partial charge is 0.355 e. The van der Waals surface area contributed by atoms with E-state index < -0.39 is 0 Å². The maximum atomic E-state index is 10.4. The maximum absolute atomic E-state index is 10.4. The van der Waals surface area contributed by atoms with E-state index in [0.717, 1.165) is 13.0 Å². The van der Waals surface area contributed by atoms with Gasteiger partial charge in [0, 0.05) is 6.54 Å². The molecule has 1 aliphatic rings. The van der Waals surface area contributed by atoms with Gasteiger partial charge in [-0.2, -0.15) is 0 Å². The first-order valence-electron chi connectivity index (χ1n) is 2.22. The normalized spacial score (nSPS) is 30.4. The third-order valence-electron chi connectivity index (χ3n) is 0.982. The minimum absolute atomic E-state index is 0.0764. The monoisotopic (exact) mass is 163 g/mol. The van der Waals surface area contributed by atoms with E-state index in [1.165, 1.54) is 0 Å². The van der Waals surface area contributed by atoms with Crippen LogP contribution in [0.1, 0.15) is 6.42 Å². The van der Waals surface area contributed by atoms with E-state index >= 15 is 0 Å². The van der Waals surface area contributed by atoms with Crippen LogP contribution < -0.4 is 5.32 Å². The lowest BCUT2D eigenvalue weighted by molar-refractivity contribution is -0.118. The number of nitrogens with one attached hydrogen (secondary N) is 1. The van der Waals surface area contributed by atoms with Gasteiger partial charge in [-0.25, -0.2) is 0 Å². The zero-order chi connectivity index (χ0) is 5.28. The molecule has 40 valence electrons. The average Bonchev–Trinajstić information content (AvgIpc) is 1.91. The molecule has 1 fully saturated rings. The van der Waals surface area contributed by atoms with Crippen LogP contribution in [0.5, 0.6) is 0 Å². The molecule has 0 radical (unpaired) electrons. The smallest absolute Gasteiger partial charge is 0.233 e. The van der Waals surface area contributed by atoms with Crippen LogP contribution in [-0.2, 0) is 4.79 Å². The van der Waals surface area contributed by atoms with Crippen LogP contribution in [0.25, 0.3) is 0 Å². The second-order valence-electron chi connectivity index (χ2n) is 1.55. The zero-order valence-electron chi connectivity index (χ0n) is 3.78. The Morgan fingerprint density at radius 1 is 1.86 bits per heavy atom. The molecule has 0 saturated carbocycles. The van der Waals surface area contributed by atoms with Crippen LogP contribution in [0.15, 0.2) is 0 Å².